The number of hydrogen-bond acceptors (Lipinski definition) is 8. The second-order valence-electron chi connectivity index (χ2n) is 35.5. The molecule has 1 amide bonds. The first-order chi connectivity index (χ1) is 42.7. The number of halogens is 2. The monoisotopic (exact) mass is 1310 g/mol. The Kier molecular flexibility index (Phi) is 40.9. The van der Waals surface area contributed by atoms with Crippen molar-refractivity contribution in [2.75, 3.05) is 75.6 Å². The van der Waals surface area contributed by atoms with Crippen LogP contribution in [0.2, 0.25) is 0 Å². The standard InChI is InChI=1S/C10H19NO.2C9H18O.4C8H16O.C7H12F2.C7H14O.C7H14/c1-7(2)8-5-9(6-8)10(12)11(3)4;1-7(2)9(3)5-8(6-9)10-4;1-8(2)9(7-10-3)5-4-6-9;1-6(2)7-4-8(5-7)9-3;1-6(2)8-3-7(4-8)5-9;1-7(2)8(4-5-8)6-9-3;1-7(2)8(6-9)4-3-5-8;1-5(2)6-3-7(8,9)4-6;1-6(2)7(5-8)3-4-7;1-6(2)7-4-3-5-7/h7-9H,5-6H2,1-4H3;7-8H,5-6H2,1-4H3;8H,4-7H2,1-3H3;6-8H,4-5H2,1-3H3;6-9H,3-5H2,1-2H3;7H,4-6H2,1-3H3;7,9H,3-6H2,1-2H3;5-6H,3-4H2,1-2H3;6,8H,3-5H2,1-2H3;6-7H,3-5H2,1-2H3. The fourth-order valence-corrected chi connectivity index (χ4v) is 14.3. The highest BCUT2D eigenvalue weighted by molar-refractivity contribution is 5.79. The van der Waals surface area contributed by atoms with E-state index in [0.717, 1.165) is 91.2 Å². The first-order valence-electron chi connectivity index (χ1n) is 38.2. The Hall–Kier alpha value is -0.950. The minimum absolute atomic E-state index is 0.116. The van der Waals surface area contributed by atoms with E-state index in [9.17, 15) is 13.6 Å². The van der Waals surface area contributed by atoms with E-state index >= 15 is 0 Å². The molecule has 0 bridgehead atoms. The second-order valence-corrected chi connectivity index (χ2v) is 35.5. The number of carbonyl (C=O) groups excluding carboxylic acids is 1. The number of methoxy groups -OCH3 is 4. The lowest BCUT2D eigenvalue weighted by atomic mass is 9.62. The summed E-state index contributed by atoms with van der Waals surface area (Å²) in [4.78, 5) is 13.1. The van der Waals surface area contributed by atoms with E-state index in [4.69, 9.17) is 34.3 Å². The van der Waals surface area contributed by atoms with Gasteiger partial charge in [0.1, 0.15) is 0 Å². The van der Waals surface area contributed by atoms with Crippen molar-refractivity contribution in [2.45, 2.75) is 311 Å². The zero-order valence-electron chi connectivity index (χ0n) is 65.9. The highest BCUT2D eigenvalue weighted by Gasteiger charge is 2.48. The molecule has 92 heavy (non-hydrogen) atoms. The van der Waals surface area contributed by atoms with Gasteiger partial charge in [-0.1, -0.05) is 178 Å². The lowest BCUT2D eigenvalue weighted by molar-refractivity contribution is -0.137. The highest BCUT2D eigenvalue weighted by Crippen LogP contribution is 2.53. The third kappa shape index (κ3) is 29.5. The van der Waals surface area contributed by atoms with E-state index in [1.54, 1.807) is 19.1 Å². The number of amides is 1. The summed E-state index contributed by atoms with van der Waals surface area (Å²) in [6.45, 7) is 50.2. The summed E-state index contributed by atoms with van der Waals surface area (Å²) in [5.74, 6) is 10.5. The van der Waals surface area contributed by atoms with Gasteiger partial charge in [-0.3, -0.25) is 4.79 Å². The fourth-order valence-electron chi connectivity index (χ4n) is 14.3. The van der Waals surface area contributed by atoms with Crippen molar-refractivity contribution in [1.29, 1.82) is 0 Å². The molecule has 0 spiro atoms. The number of rotatable bonds is 20. The van der Waals surface area contributed by atoms with Gasteiger partial charge in [-0.2, -0.15) is 0 Å². The van der Waals surface area contributed by atoms with Crippen LogP contribution in [0.3, 0.4) is 0 Å². The van der Waals surface area contributed by atoms with E-state index in [1.807, 2.05) is 42.2 Å². The van der Waals surface area contributed by atoms with Crippen molar-refractivity contribution in [3.05, 3.63) is 0 Å². The normalized spacial score (nSPS) is 28.3. The van der Waals surface area contributed by atoms with Gasteiger partial charge >= 0.3 is 0 Å². The molecule has 3 N–H and O–H groups in total. The number of ether oxygens (including phenoxy) is 4. The molecule has 11 heteroatoms. The van der Waals surface area contributed by atoms with Crippen LogP contribution in [0.25, 0.3) is 0 Å². The first-order valence-corrected chi connectivity index (χ1v) is 38.2. The van der Waals surface area contributed by atoms with Gasteiger partial charge in [0.05, 0.1) is 25.4 Å². The van der Waals surface area contributed by atoms with E-state index in [-0.39, 0.29) is 18.8 Å². The smallest absolute Gasteiger partial charge is 0.248 e. The van der Waals surface area contributed by atoms with E-state index in [1.165, 1.54) is 122 Å². The third-order valence-electron chi connectivity index (χ3n) is 25.9. The van der Waals surface area contributed by atoms with Crippen molar-refractivity contribution in [3.63, 3.8) is 0 Å². The number of carbonyl (C=O) groups is 1. The van der Waals surface area contributed by atoms with Crippen LogP contribution in [0.5, 0.6) is 0 Å². The van der Waals surface area contributed by atoms with Crippen LogP contribution in [0.1, 0.15) is 293 Å². The van der Waals surface area contributed by atoms with Crippen molar-refractivity contribution in [1.82, 2.24) is 4.90 Å². The average molecular weight is 1310 g/mol. The van der Waals surface area contributed by atoms with Crippen LogP contribution in [0, 0.1) is 128 Å². The molecule has 9 nitrogen and oxygen atoms in total. The Bertz CT molecular complexity index is 1830. The summed E-state index contributed by atoms with van der Waals surface area (Å²) in [5.41, 5.74) is 2.37. The number of hydrogen-bond donors (Lipinski definition) is 3. The summed E-state index contributed by atoms with van der Waals surface area (Å²) in [6, 6.07) is 0. The molecule has 10 fully saturated rings. The topological polar surface area (TPSA) is 118 Å². The molecular formula is C81H159F2NO8. The van der Waals surface area contributed by atoms with Gasteiger partial charge < -0.3 is 39.2 Å². The quantitative estimate of drug-likeness (QED) is 0.110. The maximum atomic E-state index is 12.1. The van der Waals surface area contributed by atoms with Gasteiger partial charge in [0, 0.05) is 81.1 Å². The molecule has 0 heterocycles. The van der Waals surface area contributed by atoms with Gasteiger partial charge in [-0.05, 0) is 224 Å². The van der Waals surface area contributed by atoms with Gasteiger partial charge in [0.15, 0.2) is 0 Å². The molecule has 0 aliphatic heterocycles. The predicted molar refractivity (Wildman–Crippen MR) is 387 cm³/mol. The Morgan fingerprint density at radius 3 is 0.946 bits per heavy atom. The molecular weight excluding hydrogens is 1150 g/mol. The number of aliphatic hydroxyl groups excluding tert-OH is 3. The second kappa shape index (κ2) is 42.2. The Morgan fingerprint density at radius 1 is 0.435 bits per heavy atom. The van der Waals surface area contributed by atoms with Gasteiger partial charge in [0.2, 0.25) is 11.8 Å². The maximum Gasteiger partial charge on any atom is 0.248 e. The largest absolute Gasteiger partial charge is 0.396 e. The molecule has 0 aromatic rings. The summed E-state index contributed by atoms with van der Waals surface area (Å²) < 4.78 is 45.0. The predicted octanol–water partition coefficient (Wildman–Crippen LogP) is 20.8. The minimum atomic E-state index is -2.32. The molecule has 10 rings (SSSR count). The van der Waals surface area contributed by atoms with Crippen LogP contribution in [-0.4, -0.2) is 120 Å². The van der Waals surface area contributed by atoms with Crippen molar-refractivity contribution in [2.24, 2.45) is 128 Å². The lowest BCUT2D eigenvalue weighted by Crippen LogP contribution is -2.43. The van der Waals surface area contributed by atoms with E-state index < -0.39 is 5.92 Å². The molecule has 0 radical (unpaired) electrons. The molecule has 10 aliphatic carbocycles. The van der Waals surface area contributed by atoms with Gasteiger partial charge in [-0.15, -0.1) is 0 Å². The lowest BCUT2D eigenvalue weighted by Gasteiger charge is -2.47. The van der Waals surface area contributed by atoms with Crippen molar-refractivity contribution >= 4 is 5.91 Å². The molecule has 0 aromatic carbocycles. The summed E-state index contributed by atoms with van der Waals surface area (Å²) >= 11 is 0. The molecule has 10 saturated carbocycles. The zero-order valence-corrected chi connectivity index (χ0v) is 65.9. The molecule has 0 unspecified atom stereocenters. The van der Waals surface area contributed by atoms with Crippen LogP contribution in [0.15, 0.2) is 0 Å². The Morgan fingerprint density at radius 2 is 0.772 bits per heavy atom. The summed E-state index contributed by atoms with van der Waals surface area (Å²) in [6.07, 6.45) is 28.8. The third-order valence-corrected chi connectivity index (χ3v) is 25.9. The van der Waals surface area contributed by atoms with Crippen LogP contribution in [-0.2, 0) is 23.7 Å². The summed E-state index contributed by atoms with van der Waals surface area (Å²) in [7, 11) is 10.9. The van der Waals surface area contributed by atoms with Crippen LogP contribution in [0.4, 0.5) is 8.78 Å². The van der Waals surface area contributed by atoms with E-state index in [0.29, 0.717) is 94.6 Å². The summed E-state index contributed by atoms with van der Waals surface area (Å²) in [5, 5.41) is 26.5. The maximum absolute atomic E-state index is 12.1. The van der Waals surface area contributed by atoms with Crippen LogP contribution >= 0.6 is 0 Å². The average Bonchev–Trinajstić information content (AvgIpc) is 1.24. The Balaban J connectivity index is 0.000000512. The zero-order chi connectivity index (χ0) is 70.8. The first kappa shape index (κ1) is 89.1. The number of nitrogens with zero attached hydrogens (tertiary/aromatic N) is 1. The van der Waals surface area contributed by atoms with Gasteiger partial charge in [-0.25, -0.2) is 8.78 Å². The molecule has 0 saturated heterocycles. The van der Waals surface area contributed by atoms with Gasteiger partial charge in [0.25, 0.3) is 0 Å². The van der Waals surface area contributed by atoms with Crippen LogP contribution < -0.4 is 0 Å². The molecule has 0 atom stereocenters. The minimum Gasteiger partial charge on any atom is -0.396 e. The van der Waals surface area contributed by atoms with Crippen molar-refractivity contribution in [3.8, 4) is 0 Å². The number of aliphatic hydroxyl groups is 3. The fraction of sp³-hybridized carbons (Fsp3) is 0.988. The molecule has 0 aromatic heterocycles. The Labute approximate surface area is 570 Å². The highest BCUT2D eigenvalue weighted by atomic mass is 19.3. The molecule has 10 aliphatic rings. The molecule has 550 valence electrons. The SMILES string of the molecule is CC(C)C1(CO)CC1.CC(C)C1(CO)CCC1.CC(C)C1CC(C(=O)N(C)C)C1.CC(C)C1CC(CO)C1.CC(C)C1CC(F)(F)C1.CC(C)C1CCC1.COC1CC(C(C)C)C1.COC1CC(C)(C(C)C)C1.COCC1(C(C)C)CC1.COCC1(C(C)C)CCC1. The van der Waals surface area contributed by atoms with E-state index in [2.05, 4.69) is 132 Å². The number of alkyl halides is 2. The van der Waals surface area contributed by atoms with Crippen molar-refractivity contribution < 1.29 is 47.8 Å².